The van der Waals surface area contributed by atoms with Gasteiger partial charge in [-0.05, 0) is 37.1 Å². The highest BCUT2D eigenvalue weighted by Gasteiger charge is 2.45. The van der Waals surface area contributed by atoms with Crippen molar-refractivity contribution in [3.8, 4) is 11.5 Å². The first kappa shape index (κ1) is 24.8. The molecule has 2 aliphatic rings. The summed E-state index contributed by atoms with van der Waals surface area (Å²) in [5, 5.41) is 11.3. The molecule has 0 radical (unpaired) electrons. The van der Waals surface area contributed by atoms with Gasteiger partial charge in [0.2, 0.25) is 0 Å². The van der Waals surface area contributed by atoms with Crippen molar-refractivity contribution < 1.29 is 28.9 Å². The lowest BCUT2D eigenvalue weighted by Gasteiger charge is -2.29. The molecule has 8 nitrogen and oxygen atoms in total. The van der Waals surface area contributed by atoms with Gasteiger partial charge in [0.1, 0.15) is 5.76 Å². The molecular formula is C27H32N2O6. The molecule has 2 saturated heterocycles. The van der Waals surface area contributed by atoms with Gasteiger partial charge in [-0.2, -0.15) is 0 Å². The van der Waals surface area contributed by atoms with Gasteiger partial charge in [-0.1, -0.05) is 29.8 Å². The Morgan fingerprint density at radius 2 is 1.69 bits per heavy atom. The van der Waals surface area contributed by atoms with Crippen molar-refractivity contribution >= 4 is 17.4 Å². The van der Waals surface area contributed by atoms with Crippen molar-refractivity contribution in [3.63, 3.8) is 0 Å². The minimum atomic E-state index is -0.686. The number of hydrogen-bond donors (Lipinski definition) is 1. The Bertz CT molecular complexity index is 1110. The van der Waals surface area contributed by atoms with Gasteiger partial charge in [-0.3, -0.25) is 14.5 Å². The number of rotatable bonds is 8. The smallest absolute Gasteiger partial charge is 0.295 e. The summed E-state index contributed by atoms with van der Waals surface area (Å²) in [6.07, 6.45) is 0.714. The van der Waals surface area contributed by atoms with Gasteiger partial charge < -0.3 is 24.2 Å². The topological polar surface area (TPSA) is 88.5 Å². The molecule has 186 valence electrons. The van der Waals surface area contributed by atoms with Gasteiger partial charge >= 0.3 is 0 Å². The molecule has 1 amide bonds. The second-order valence-electron chi connectivity index (χ2n) is 8.78. The van der Waals surface area contributed by atoms with Crippen LogP contribution in [0.1, 0.15) is 29.2 Å². The molecule has 0 unspecified atom stereocenters. The van der Waals surface area contributed by atoms with Gasteiger partial charge in [0, 0.05) is 31.7 Å². The third-order valence-corrected chi connectivity index (χ3v) is 6.57. The number of benzene rings is 2. The minimum Gasteiger partial charge on any atom is -0.507 e. The van der Waals surface area contributed by atoms with Crippen LogP contribution in [0.25, 0.3) is 5.76 Å². The molecule has 4 rings (SSSR count). The molecule has 0 saturated carbocycles. The van der Waals surface area contributed by atoms with Crippen molar-refractivity contribution in [2.45, 2.75) is 19.4 Å². The second kappa shape index (κ2) is 10.9. The van der Waals surface area contributed by atoms with E-state index in [1.807, 2.05) is 31.2 Å². The van der Waals surface area contributed by atoms with E-state index in [9.17, 15) is 14.7 Å². The van der Waals surface area contributed by atoms with E-state index in [4.69, 9.17) is 14.2 Å². The van der Waals surface area contributed by atoms with E-state index in [-0.39, 0.29) is 11.3 Å². The Hall–Kier alpha value is -3.36. The number of ether oxygens (including phenoxy) is 3. The number of aryl methyl sites for hydroxylation is 1. The molecule has 0 aliphatic carbocycles. The van der Waals surface area contributed by atoms with Crippen molar-refractivity contribution in [2.24, 2.45) is 0 Å². The van der Waals surface area contributed by atoms with E-state index < -0.39 is 17.7 Å². The maximum Gasteiger partial charge on any atom is 0.295 e. The molecule has 1 N–H and O–H groups in total. The number of morpholine rings is 1. The van der Waals surface area contributed by atoms with Crippen molar-refractivity contribution in [2.75, 3.05) is 53.6 Å². The fraction of sp³-hybridized carbons (Fsp3) is 0.407. The molecule has 0 bridgehead atoms. The number of carbonyl (C=O) groups is 2. The van der Waals surface area contributed by atoms with Crippen LogP contribution in [-0.2, 0) is 14.3 Å². The van der Waals surface area contributed by atoms with Crippen LogP contribution >= 0.6 is 0 Å². The van der Waals surface area contributed by atoms with Crippen LogP contribution in [0.5, 0.6) is 11.5 Å². The molecule has 0 aromatic heterocycles. The Balaban J connectivity index is 1.69. The zero-order chi connectivity index (χ0) is 24.9. The summed E-state index contributed by atoms with van der Waals surface area (Å²) in [7, 11) is 3.03. The van der Waals surface area contributed by atoms with Gasteiger partial charge in [-0.15, -0.1) is 0 Å². The Kier molecular flexibility index (Phi) is 7.73. The molecule has 35 heavy (non-hydrogen) atoms. The number of methoxy groups -OCH3 is 2. The number of carbonyl (C=O) groups excluding carboxylic acids is 2. The van der Waals surface area contributed by atoms with Crippen LogP contribution < -0.4 is 9.47 Å². The molecular weight excluding hydrogens is 448 g/mol. The number of nitrogens with zero attached hydrogens (tertiary/aromatic N) is 2. The Labute approximate surface area is 205 Å². The van der Waals surface area contributed by atoms with Gasteiger partial charge in [-0.25, -0.2) is 0 Å². The lowest BCUT2D eigenvalue weighted by molar-refractivity contribution is -0.140. The highest BCUT2D eigenvalue weighted by molar-refractivity contribution is 6.46. The van der Waals surface area contributed by atoms with Crippen molar-refractivity contribution in [1.82, 2.24) is 9.80 Å². The summed E-state index contributed by atoms with van der Waals surface area (Å²) < 4.78 is 16.1. The number of likely N-dealkylation sites (tertiary alicyclic amines) is 1. The standard InChI is InChI=1S/C27H32N2O6/c1-18-5-7-19(8-6-18)24-23(25(30)20-9-10-21(33-2)22(17-20)34-3)26(31)27(32)29(24)12-4-11-28-13-15-35-16-14-28/h5-10,17,24,30H,4,11-16H2,1-3H3/b25-23+/t24-/m0/s1. The van der Waals surface area contributed by atoms with Crippen LogP contribution in [0.4, 0.5) is 0 Å². The average molecular weight is 481 g/mol. The molecule has 2 aromatic rings. The van der Waals surface area contributed by atoms with Crippen LogP contribution in [0.15, 0.2) is 48.0 Å². The lowest BCUT2D eigenvalue weighted by atomic mass is 9.94. The molecule has 2 aromatic carbocycles. The van der Waals surface area contributed by atoms with Crippen LogP contribution in [0.3, 0.4) is 0 Å². The predicted octanol–water partition coefficient (Wildman–Crippen LogP) is 3.16. The number of Topliss-reactive ketones (excluding diaryl/α,β-unsaturated/α-hetero) is 1. The number of amides is 1. The largest absolute Gasteiger partial charge is 0.507 e. The van der Waals surface area contributed by atoms with E-state index in [1.165, 1.54) is 14.2 Å². The van der Waals surface area contributed by atoms with E-state index in [1.54, 1.807) is 23.1 Å². The number of hydrogen-bond acceptors (Lipinski definition) is 7. The van der Waals surface area contributed by atoms with Gasteiger partial charge in [0.25, 0.3) is 11.7 Å². The monoisotopic (exact) mass is 480 g/mol. The van der Waals surface area contributed by atoms with Crippen molar-refractivity contribution in [3.05, 3.63) is 64.7 Å². The molecule has 2 aliphatic heterocycles. The van der Waals surface area contributed by atoms with Gasteiger partial charge in [0.05, 0.1) is 39.0 Å². The van der Waals surface area contributed by atoms with Crippen LogP contribution in [0.2, 0.25) is 0 Å². The zero-order valence-corrected chi connectivity index (χ0v) is 20.5. The third kappa shape index (κ3) is 5.18. The fourth-order valence-electron chi connectivity index (χ4n) is 4.63. The summed E-state index contributed by atoms with van der Waals surface area (Å²) >= 11 is 0. The SMILES string of the molecule is COc1ccc(/C(O)=C2\C(=O)C(=O)N(CCCN3CCOCC3)[C@H]2c2ccc(C)cc2)cc1OC. The van der Waals surface area contributed by atoms with Crippen LogP contribution in [0, 0.1) is 6.92 Å². The van der Waals surface area contributed by atoms with E-state index >= 15 is 0 Å². The zero-order valence-electron chi connectivity index (χ0n) is 20.5. The number of aliphatic hydroxyl groups is 1. The Morgan fingerprint density at radius 1 is 1.00 bits per heavy atom. The fourth-order valence-corrected chi connectivity index (χ4v) is 4.63. The molecule has 8 heteroatoms. The predicted molar refractivity (Wildman–Crippen MR) is 132 cm³/mol. The first-order valence-electron chi connectivity index (χ1n) is 11.8. The first-order chi connectivity index (χ1) is 16.9. The molecule has 2 heterocycles. The first-order valence-corrected chi connectivity index (χ1v) is 11.8. The van der Waals surface area contributed by atoms with Crippen molar-refractivity contribution in [1.29, 1.82) is 0 Å². The number of aliphatic hydroxyl groups excluding tert-OH is 1. The number of ketones is 1. The summed E-state index contributed by atoms with van der Waals surface area (Å²) in [6.45, 7) is 6.33. The second-order valence-corrected chi connectivity index (χ2v) is 8.78. The van der Waals surface area contributed by atoms with E-state index in [2.05, 4.69) is 4.90 Å². The highest BCUT2D eigenvalue weighted by atomic mass is 16.5. The average Bonchev–Trinajstić information content (AvgIpc) is 3.14. The normalized spacial score (nSPS) is 20.3. The minimum absolute atomic E-state index is 0.0810. The lowest BCUT2D eigenvalue weighted by Crippen LogP contribution is -2.38. The third-order valence-electron chi connectivity index (χ3n) is 6.57. The summed E-state index contributed by atoms with van der Waals surface area (Å²) in [5.74, 6) is -0.592. The summed E-state index contributed by atoms with van der Waals surface area (Å²) in [4.78, 5) is 30.3. The quantitative estimate of drug-likeness (QED) is 0.353. The van der Waals surface area contributed by atoms with E-state index in [0.29, 0.717) is 43.2 Å². The maximum atomic E-state index is 13.2. The molecule has 1 atom stereocenters. The van der Waals surface area contributed by atoms with E-state index in [0.717, 1.165) is 30.8 Å². The maximum absolute atomic E-state index is 13.2. The Morgan fingerprint density at radius 3 is 2.34 bits per heavy atom. The van der Waals surface area contributed by atoms with Gasteiger partial charge in [0.15, 0.2) is 11.5 Å². The van der Waals surface area contributed by atoms with Crippen LogP contribution in [-0.4, -0.2) is 80.2 Å². The highest BCUT2D eigenvalue weighted by Crippen LogP contribution is 2.40. The summed E-state index contributed by atoms with van der Waals surface area (Å²) in [5.41, 5.74) is 2.31. The molecule has 2 fully saturated rings. The molecule has 0 spiro atoms. The summed E-state index contributed by atoms with van der Waals surface area (Å²) in [6, 6.07) is 11.9.